The molecule has 30 heavy (non-hydrogen) atoms. The molecule has 7 nitrogen and oxygen atoms in total. The predicted octanol–water partition coefficient (Wildman–Crippen LogP) is 3.95. The van der Waals surface area contributed by atoms with Crippen LogP contribution in [0.2, 0.25) is 0 Å². The minimum absolute atomic E-state index is 0.0386. The van der Waals surface area contributed by atoms with Crippen LogP contribution in [0.5, 0.6) is 5.75 Å². The Morgan fingerprint density at radius 2 is 1.87 bits per heavy atom. The molecule has 0 bridgehead atoms. The molecule has 0 spiro atoms. The first-order chi connectivity index (χ1) is 14.5. The van der Waals surface area contributed by atoms with Crippen LogP contribution in [0, 0.1) is 13.8 Å². The summed E-state index contributed by atoms with van der Waals surface area (Å²) in [4.78, 5) is 12.9. The van der Waals surface area contributed by atoms with Crippen molar-refractivity contribution in [3.63, 3.8) is 0 Å². The Kier molecular flexibility index (Phi) is 5.43. The van der Waals surface area contributed by atoms with Gasteiger partial charge in [-0.1, -0.05) is 36.4 Å². The second-order valence-electron chi connectivity index (χ2n) is 7.21. The number of ether oxygens (including phenoxy) is 1. The number of aryl methyl sites for hydroxylation is 1. The first-order valence-corrected chi connectivity index (χ1v) is 9.77. The molecule has 0 saturated heterocycles. The fourth-order valence-electron chi connectivity index (χ4n) is 3.76. The van der Waals surface area contributed by atoms with Crippen molar-refractivity contribution in [2.45, 2.75) is 26.8 Å². The van der Waals surface area contributed by atoms with E-state index >= 15 is 0 Å². The van der Waals surface area contributed by atoms with Crippen molar-refractivity contribution in [1.29, 1.82) is 0 Å². The molecule has 4 aromatic rings. The van der Waals surface area contributed by atoms with Gasteiger partial charge in [0.25, 0.3) is 0 Å². The highest BCUT2D eigenvalue weighted by atomic mass is 16.5. The summed E-state index contributed by atoms with van der Waals surface area (Å²) in [5, 5.41) is 11.1. The van der Waals surface area contributed by atoms with Crippen LogP contribution in [0.4, 0.5) is 0 Å². The lowest BCUT2D eigenvalue weighted by atomic mass is 10.1. The minimum Gasteiger partial charge on any atom is -0.485 e. The zero-order chi connectivity index (χ0) is 21.1. The smallest absolute Gasteiger partial charge is 0.202 e. The first-order valence-electron chi connectivity index (χ1n) is 9.77. The minimum atomic E-state index is -0.0533. The maximum Gasteiger partial charge on any atom is 0.202 e. The van der Waals surface area contributed by atoms with Crippen molar-refractivity contribution in [1.82, 2.24) is 24.8 Å². The van der Waals surface area contributed by atoms with E-state index in [1.807, 2.05) is 56.3 Å². The van der Waals surface area contributed by atoms with Crippen LogP contribution in [-0.2, 0) is 0 Å². The average molecular weight is 401 g/mol. The third-order valence-electron chi connectivity index (χ3n) is 5.26. The molecule has 152 valence electrons. The highest BCUT2D eigenvalue weighted by molar-refractivity contribution is 5.98. The number of tetrazole rings is 1. The first kappa shape index (κ1) is 19.6. The summed E-state index contributed by atoms with van der Waals surface area (Å²) in [7, 11) is 0. The molecule has 4 rings (SSSR count). The van der Waals surface area contributed by atoms with E-state index in [1.165, 1.54) is 16.6 Å². The SMILES string of the molecule is Cc1cc(C(=O)COc2cccc(-n3cnnn3)c2)c(C)n1[C@H](C)c1ccccc1. The van der Waals surface area contributed by atoms with Gasteiger partial charge in [-0.05, 0) is 55.0 Å². The van der Waals surface area contributed by atoms with Gasteiger partial charge in [-0.3, -0.25) is 4.79 Å². The van der Waals surface area contributed by atoms with Gasteiger partial charge in [0.15, 0.2) is 6.61 Å². The van der Waals surface area contributed by atoms with Crippen LogP contribution in [-0.4, -0.2) is 37.2 Å². The van der Waals surface area contributed by atoms with E-state index in [4.69, 9.17) is 4.74 Å². The van der Waals surface area contributed by atoms with E-state index in [9.17, 15) is 4.79 Å². The molecular formula is C23H23N5O2. The molecule has 0 saturated carbocycles. The Bertz CT molecular complexity index is 1150. The zero-order valence-corrected chi connectivity index (χ0v) is 17.2. The second kappa shape index (κ2) is 8.32. The van der Waals surface area contributed by atoms with Crippen molar-refractivity contribution in [3.05, 3.63) is 89.5 Å². The Labute approximate surface area is 174 Å². The fourth-order valence-corrected chi connectivity index (χ4v) is 3.76. The third kappa shape index (κ3) is 3.87. The molecule has 0 radical (unpaired) electrons. The van der Waals surface area contributed by atoms with Crippen molar-refractivity contribution in [2.24, 2.45) is 0 Å². The van der Waals surface area contributed by atoms with E-state index < -0.39 is 0 Å². The molecule has 0 N–H and O–H groups in total. The van der Waals surface area contributed by atoms with Crippen molar-refractivity contribution in [3.8, 4) is 11.4 Å². The Hall–Kier alpha value is -3.74. The van der Waals surface area contributed by atoms with E-state index in [0.29, 0.717) is 11.3 Å². The highest BCUT2D eigenvalue weighted by Gasteiger charge is 2.20. The number of benzene rings is 2. The van der Waals surface area contributed by atoms with Gasteiger partial charge in [-0.25, -0.2) is 4.68 Å². The molecular weight excluding hydrogens is 378 g/mol. The number of rotatable bonds is 7. The van der Waals surface area contributed by atoms with Gasteiger partial charge in [0.1, 0.15) is 12.1 Å². The topological polar surface area (TPSA) is 74.8 Å². The molecule has 0 fully saturated rings. The number of hydrogen-bond acceptors (Lipinski definition) is 5. The van der Waals surface area contributed by atoms with Gasteiger partial charge in [0, 0.05) is 23.0 Å². The third-order valence-corrected chi connectivity index (χ3v) is 5.26. The molecule has 0 unspecified atom stereocenters. The van der Waals surface area contributed by atoms with Gasteiger partial charge in [0.05, 0.1) is 11.7 Å². The second-order valence-corrected chi connectivity index (χ2v) is 7.21. The maximum atomic E-state index is 12.9. The van der Waals surface area contributed by atoms with Gasteiger partial charge >= 0.3 is 0 Å². The predicted molar refractivity (Wildman–Crippen MR) is 113 cm³/mol. The molecule has 0 amide bonds. The van der Waals surface area contributed by atoms with Crippen LogP contribution >= 0.6 is 0 Å². The molecule has 1 atom stereocenters. The average Bonchev–Trinajstić information content (AvgIpc) is 3.41. The number of ketones is 1. The van der Waals surface area contributed by atoms with Crippen molar-refractivity contribution >= 4 is 5.78 Å². The lowest BCUT2D eigenvalue weighted by molar-refractivity contribution is 0.0920. The summed E-state index contributed by atoms with van der Waals surface area (Å²) in [5.74, 6) is 0.533. The Morgan fingerprint density at radius 1 is 1.07 bits per heavy atom. The number of Topliss-reactive ketones (excluding diaryl/α,β-unsaturated/α-hetero) is 1. The van der Waals surface area contributed by atoms with Gasteiger partial charge in [-0.2, -0.15) is 0 Å². The van der Waals surface area contributed by atoms with E-state index in [1.54, 1.807) is 6.07 Å². The Balaban J connectivity index is 1.50. The van der Waals surface area contributed by atoms with Gasteiger partial charge < -0.3 is 9.30 Å². The van der Waals surface area contributed by atoms with E-state index in [0.717, 1.165) is 17.1 Å². The standard InChI is InChI=1S/C23H23N5O2/c1-16-12-22(18(3)28(16)17(2)19-8-5-4-6-9-19)23(29)14-30-21-11-7-10-20(13-21)27-15-24-25-26-27/h4-13,15,17H,14H2,1-3H3/t17-/m1/s1. The Morgan fingerprint density at radius 3 is 2.60 bits per heavy atom. The number of carbonyl (C=O) groups excluding carboxylic acids is 1. The van der Waals surface area contributed by atoms with Gasteiger partial charge in [-0.15, -0.1) is 5.10 Å². The maximum absolute atomic E-state index is 12.9. The zero-order valence-electron chi connectivity index (χ0n) is 17.2. The largest absolute Gasteiger partial charge is 0.485 e. The lowest BCUT2D eigenvalue weighted by Gasteiger charge is -2.19. The van der Waals surface area contributed by atoms with Crippen LogP contribution in [0.25, 0.3) is 5.69 Å². The number of carbonyl (C=O) groups is 1. The summed E-state index contributed by atoms with van der Waals surface area (Å²) in [5.41, 5.74) is 4.65. The highest BCUT2D eigenvalue weighted by Crippen LogP contribution is 2.26. The number of hydrogen-bond donors (Lipinski definition) is 0. The molecule has 7 heteroatoms. The van der Waals surface area contributed by atoms with E-state index in [-0.39, 0.29) is 18.4 Å². The molecule has 2 aromatic heterocycles. The lowest BCUT2D eigenvalue weighted by Crippen LogP contribution is -2.14. The van der Waals surface area contributed by atoms with Crippen LogP contribution < -0.4 is 4.74 Å². The fraction of sp³-hybridized carbons (Fsp3) is 0.217. The molecule has 2 heterocycles. The van der Waals surface area contributed by atoms with Crippen molar-refractivity contribution < 1.29 is 9.53 Å². The van der Waals surface area contributed by atoms with Gasteiger partial charge in [0.2, 0.25) is 5.78 Å². The van der Waals surface area contributed by atoms with E-state index in [2.05, 4.69) is 39.1 Å². The molecule has 0 aliphatic carbocycles. The van der Waals surface area contributed by atoms with Crippen LogP contribution in [0.3, 0.4) is 0 Å². The molecule has 0 aliphatic heterocycles. The molecule has 2 aromatic carbocycles. The number of nitrogens with zero attached hydrogens (tertiary/aromatic N) is 5. The summed E-state index contributed by atoms with van der Waals surface area (Å²) in [6, 6.07) is 19.7. The summed E-state index contributed by atoms with van der Waals surface area (Å²) in [6.45, 7) is 6.12. The summed E-state index contributed by atoms with van der Waals surface area (Å²) >= 11 is 0. The monoisotopic (exact) mass is 401 g/mol. The summed E-state index contributed by atoms with van der Waals surface area (Å²) < 4.78 is 9.50. The number of aromatic nitrogens is 5. The quantitative estimate of drug-likeness (QED) is 0.438. The summed E-state index contributed by atoms with van der Waals surface area (Å²) in [6.07, 6.45) is 1.51. The van der Waals surface area contributed by atoms with Crippen LogP contribution in [0.1, 0.15) is 40.3 Å². The van der Waals surface area contributed by atoms with Crippen molar-refractivity contribution in [2.75, 3.05) is 6.61 Å². The van der Waals surface area contributed by atoms with Crippen LogP contribution in [0.15, 0.2) is 67.0 Å². The normalized spacial score (nSPS) is 12.0. The molecule has 0 aliphatic rings.